The molecule has 0 aliphatic carbocycles. The van der Waals surface area contributed by atoms with Crippen LogP contribution in [0.5, 0.6) is 0 Å². The van der Waals surface area contributed by atoms with Crippen molar-refractivity contribution in [3.05, 3.63) is 48.6 Å². The van der Waals surface area contributed by atoms with Crippen molar-refractivity contribution in [2.24, 2.45) is 0 Å². The van der Waals surface area contributed by atoms with Gasteiger partial charge in [-0.25, -0.2) is 0 Å². The Bertz CT molecular complexity index is 1030. The predicted molar refractivity (Wildman–Crippen MR) is 238 cm³/mol. The number of rotatable bonds is 40. The van der Waals surface area contributed by atoms with Gasteiger partial charge in [-0.1, -0.05) is 184 Å². The number of carbonyl (C=O) groups is 1. The third-order valence-electron chi connectivity index (χ3n) is 10.8. The fourth-order valence-corrected chi connectivity index (χ4v) is 7.07. The predicted octanol–water partition coefficient (Wildman–Crippen LogP) is 10.9. The molecule has 0 radical (unpaired) electrons. The largest absolute Gasteiger partial charge is 0.457 e. The van der Waals surface area contributed by atoms with Gasteiger partial charge in [0.1, 0.15) is 30.5 Å². The second-order valence-corrected chi connectivity index (χ2v) is 16.2. The number of aliphatic hydroxyl groups is 4. The van der Waals surface area contributed by atoms with E-state index in [9.17, 15) is 25.2 Å². The molecule has 1 aliphatic rings. The molecular weight excluding hydrogens is 733 g/mol. The summed E-state index contributed by atoms with van der Waals surface area (Å²) >= 11 is 0. The Balaban J connectivity index is 2.26. The Morgan fingerprint density at radius 3 is 1.59 bits per heavy atom. The summed E-state index contributed by atoms with van der Waals surface area (Å²) in [5, 5.41) is 40.2. The Labute approximate surface area is 354 Å². The van der Waals surface area contributed by atoms with Crippen LogP contribution in [0.2, 0.25) is 0 Å². The van der Waals surface area contributed by atoms with Crippen molar-refractivity contribution in [2.45, 2.75) is 230 Å². The summed E-state index contributed by atoms with van der Waals surface area (Å²) in [5.41, 5.74) is 0. The maximum Gasteiger partial charge on any atom is 0.306 e. The maximum absolute atomic E-state index is 12.8. The number of aliphatic hydroxyl groups excluding tert-OH is 4. The minimum atomic E-state index is -1.54. The van der Waals surface area contributed by atoms with Crippen LogP contribution in [0.25, 0.3) is 0 Å². The van der Waals surface area contributed by atoms with E-state index in [1.165, 1.54) is 103 Å². The minimum absolute atomic E-state index is 0.123. The van der Waals surface area contributed by atoms with Crippen LogP contribution in [0.3, 0.4) is 0 Å². The highest BCUT2D eigenvalue weighted by molar-refractivity contribution is 5.69. The van der Waals surface area contributed by atoms with Gasteiger partial charge in [-0.05, 0) is 51.4 Å². The Morgan fingerprint density at radius 1 is 0.569 bits per heavy atom. The standard InChI is InChI=1S/C49H88O9/c1-3-5-7-9-11-13-15-17-19-21-23-25-27-29-31-33-35-37-39-55-41-43(42-56-49-48(54)47(53)46(52)44(40-50)58-49)57-45(51)38-36-34-32-30-28-26-24-22-20-18-16-14-12-10-8-6-4-2/h6,8,12,14,18,20,24,26,43-44,46-50,52-54H,3-5,7,9-11,13,15-17,19,21-23,25,27-42H2,1-2H3/b8-6-,14-12-,20-18-,26-24-. The molecule has 0 bridgehead atoms. The molecular formula is C49H88O9. The molecule has 0 spiro atoms. The molecule has 1 rings (SSSR count). The van der Waals surface area contributed by atoms with E-state index in [2.05, 4.69) is 62.5 Å². The molecule has 0 aromatic rings. The van der Waals surface area contributed by atoms with Gasteiger partial charge in [0.15, 0.2) is 6.29 Å². The zero-order chi connectivity index (χ0) is 42.2. The molecule has 0 saturated carbocycles. The molecule has 9 nitrogen and oxygen atoms in total. The summed E-state index contributed by atoms with van der Waals surface area (Å²) in [6.45, 7) is 4.43. The van der Waals surface area contributed by atoms with Crippen LogP contribution in [0, 0.1) is 0 Å². The number of carbonyl (C=O) groups excluding carboxylic acids is 1. The van der Waals surface area contributed by atoms with Crippen molar-refractivity contribution in [3.63, 3.8) is 0 Å². The van der Waals surface area contributed by atoms with E-state index >= 15 is 0 Å². The SMILES string of the molecule is CC/C=C\C/C=C\C/C=C\C/C=C\CCCCCCC(=O)OC(COCCCCCCCCCCCCCCCCCCCC)COC1OC(CO)C(O)C(O)C1O. The normalized spacial score (nSPS) is 20.7. The Morgan fingerprint density at radius 2 is 1.05 bits per heavy atom. The van der Waals surface area contributed by atoms with Crippen LogP contribution in [-0.2, 0) is 23.7 Å². The highest BCUT2D eigenvalue weighted by Crippen LogP contribution is 2.22. The molecule has 0 amide bonds. The van der Waals surface area contributed by atoms with E-state index in [1.54, 1.807) is 0 Å². The monoisotopic (exact) mass is 821 g/mol. The molecule has 0 aromatic heterocycles. The van der Waals surface area contributed by atoms with E-state index in [0.717, 1.165) is 70.6 Å². The lowest BCUT2D eigenvalue weighted by Crippen LogP contribution is -2.59. The molecule has 1 fully saturated rings. The molecule has 6 unspecified atom stereocenters. The molecule has 0 aromatic carbocycles. The summed E-state index contributed by atoms with van der Waals surface area (Å²) in [4.78, 5) is 12.8. The summed E-state index contributed by atoms with van der Waals surface area (Å²) in [7, 11) is 0. The molecule has 9 heteroatoms. The molecule has 1 heterocycles. The maximum atomic E-state index is 12.8. The third-order valence-corrected chi connectivity index (χ3v) is 10.8. The van der Waals surface area contributed by atoms with E-state index in [1.807, 2.05) is 0 Å². The van der Waals surface area contributed by atoms with Gasteiger partial charge in [-0.3, -0.25) is 4.79 Å². The van der Waals surface area contributed by atoms with Gasteiger partial charge in [0, 0.05) is 13.0 Å². The van der Waals surface area contributed by atoms with Crippen molar-refractivity contribution in [1.82, 2.24) is 0 Å². The first kappa shape index (κ1) is 54.2. The second-order valence-electron chi connectivity index (χ2n) is 16.2. The minimum Gasteiger partial charge on any atom is -0.457 e. The van der Waals surface area contributed by atoms with Gasteiger partial charge in [-0.15, -0.1) is 0 Å². The molecule has 1 saturated heterocycles. The average Bonchev–Trinajstić information content (AvgIpc) is 3.22. The van der Waals surface area contributed by atoms with Crippen molar-refractivity contribution in [3.8, 4) is 0 Å². The molecule has 338 valence electrons. The van der Waals surface area contributed by atoms with E-state index in [4.69, 9.17) is 18.9 Å². The van der Waals surface area contributed by atoms with Gasteiger partial charge in [0.25, 0.3) is 0 Å². The lowest BCUT2D eigenvalue weighted by molar-refractivity contribution is -0.305. The van der Waals surface area contributed by atoms with Gasteiger partial charge >= 0.3 is 5.97 Å². The van der Waals surface area contributed by atoms with Gasteiger partial charge in [-0.2, -0.15) is 0 Å². The lowest BCUT2D eigenvalue weighted by atomic mass is 9.99. The number of hydrogen-bond acceptors (Lipinski definition) is 9. The quantitative estimate of drug-likeness (QED) is 0.0271. The first-order valence-electron chi connectivity index (χ1n) is 23.7. The van der Waals surface area contributed by atoms with Crippen LogP contribution in [-0.4, -0.2) is 89.6 Å². The smallest absolute Gasteiger partial charge is 0.306 e. The Hall–Kier alpha value is -1.85. The fourth-order valence-electron chi connectivity index (χ4n) is 7.07. The zero-order valence-corrected chi connectivity index (χ0v) is 37.0. The van der Waals surface area contributed by atoms with Crippen molar-refractivity contribution < 1.29 is 44.2 Å². The zero-order valence-electron chi connectivity index (χ0n) is 37.0. The van der Waals surface area contributed by atoms with Crippen LogP contribution < -0.4 is 0 Å². The average molecular weight is 821 g/mol. The lowest BCUT2D eigenvalue weighted by Gasteiger charge is -2.39. The van der Waals surface area contributed by atoms with Gasteiger partial charge in [0.2, 0.25) is 0 Å². The van der Waals surface area contributed by atoms with Crippen LogP contribution in [0.4, 0.5) is 0 Å². The number of esters is 1. The Kier molecular flexibility index (Phi) is 37.9. The van der Waals surface area contributed by atoms with Gasteiger partial charge in [0.05, 0.1) is 19.8 Å². The fraction of sp³-hybridized carbons (Fsp3) is 0.816. The van der Waals surface area contributed by atoms with Crippen LogP contribution in [0.1, 0.15) is 194 Å². The third kappa shape index (κ3) is 31.1. The number of unbranched alkanes of at least 4 members (excludes halogenated alkanes) is 21. The number of hydrogen-bond donors (Lipinski definition) is 4. The molecule has 4 N–H and O–H groups in total. The van der Waals surface area contributed by atoms with E-state index in [-0.39, 0.29) is 19.2 Å². The van der Waals surface area contributed by atoms with Crippen LogP contribution in [0.15, 0.2) is 48.6 Å². The molecule has 1 aliphatic heterocycles. The number of allylic oxidation sites excluding steroid dienone is 8. The van der Waals surface area contributed by atoms with E-state index in [0.29, 0.717) is 13.0 Å². The van der Waals surface area contributed by atoms with E-state index < -0.39 is 43.4 Å². The summed E-state index contributed by atoms with van der Waals surface area (Å²) in [6, 6.07) is 0. The summed E-state index contributed by atoms with van der Waals surface area (Å²) in [6.07, 6.45) is 42.8. The molecule has 58 heavy (non-hydrogen) atoms. The highest BCUT2D eigenvalue weighted by atomic mass is 16.7. The van der Waals surface area contributed by atoms with Crippen LogP contribution >= 0.6 is 0 Å². The second kappa shape index (κ2) is 40.6. The summed E-state index contributed by atoms with van der Waals surface area (Å²) < 4.78 is 22.8. The highest BCUT2D eigenvalue weighted by Gasteiger charge is 2.44. The first-order valence-corrected chi connectivity index (χ1v) is 23.7. The molecule has 6 atom stereocenters. The van der Waals surface area contributed by atoms with Crippen molar-refractivity contribution in [1.29, 1.82) is 0 Å². The number of ether oxygens (including phenoxy) is 4. The summed E-state index contributed by atoms with van der Waals surface area (Å²) in [5.74, 6) is -0.335. The van der Waals surface area contributed by atoms with Crippen molar-refractivity contribution >= 4 is 5.97 Å². The topological polar surface area (TPSA) is 135 Å². The van der Waals surface area contributed by atoms with Gasteiger partial charge < -0.3 is 39.4 Å². The van der Waals surface area contributed by atoms with Crippen molar-refractivity contribution in [2.75, 3.05) is 26.4 Å². The first-order chi connectivity index (χ1) is 28.4.